The minimum atomic E-state index is -5.19. The number of alkyl halides is 3. The maximum atomic E-state index is 14.4. The molecule has 2 aromatic heterocycles. The molecule has 5 rings (SSSR count). The number of rotatable bonds is 9. The number of hydrogen-bond donors (Lipinski definition) is 1. The molecule has 1 fully saturated rings. The van der Waals surface area contributed by atoms with Gasteiger partial charge in [-0.3, -0.25) is 0 Å². The number of carboxylic acids is 1. The van der Waals surface area contributed by atoms with Crippen LogP contribution in [0, 0.1) is 21.8 Å². The number of imidazole rings is 1. The van der Waals surface area contributed by atoms with Crippen LogP contribution < -0.4 is 19.9 Å². The highest BCUT2D eigenvalue weighted by molar-refractivity contribution is 9.10. The number of nitro groups is 1. The molecule has 0 atom stereocenters. The summed E-state index contributed by atoms with van der Waals surface area (Å²) in [7, 11) is 5.49. The summed E-state index contributed by atoms with van der Waals surface area (Å²) < 4.78 is 60.9. The minimum absolute atomic E-state index is 0.0696. The first-order valence-corrected chi connectivity index (χ1v) is 14.8. The number of likely N-dealkylation sites (tertiary alicyclic amines) is 1. The largest absolute Gasteiger partial charge is 0.542 e. The van der Waals surface area contributed by atoms with Gasteiger partial charge in [0.15, 0.2) is 17.2 Å². The predicted molar refractivity (Wildman–Crippen MR) is 162 cm³/mol. The van der Waals surface area contributed by atoms with Crippen LogP contribution in [0.5, 0.6) is 11.5 Å². The first kappa shape index (κ1) is 35.3. The van der Waals surface area contributed by atoms with Gasteiger partial charge in [-0.25, -0.2) is 14.4 Å². The number of fused-ring (bicyclic) bond motifs is 1. The zero-order chi connectivity index (χ0) is 34.5. The average molecular weight is 728 g/mol. The Labute approximate surface area is 274 Å². The van der Waals surface area contributed by atoms with E-state index in [4.69, 9.17) is 19.4 Å². The quantitative estimate of drug-likeness (QED) is 0.111. The molecule has 3 heterocycles. The standard InChI is InChI=1S/C27H30BrFN7O4.C2HF3O2/c1-34-16-32-27(35(37)38)23(34)13-36(2)8-6-17(7-9-36)14-40-25-12-22-19(11-24(25)39-3)26(31-15-30-22)33-21-5-4-18(28)10-20(21)29;3-2(4,5)1(6)7/h4-5,10-12,15-17H,6-9,13-14H2,1-3H3,(H,30,31,33);(H,6,7)/q+1;/p-1. The van der Waals surface area contributed by atoms with E-state index in [9.17, 15) is 27.7 Å². The molecular formula is C29H30BrF4N7O6. The third-order valence-electron chi connectivity index (χ3n) is 7.71. The van der Waals surface area contributed by atoms with Crippen molar-refractivity contribution in [3.63, 3.8) is 0 Å². The van der Waals surface area contributed by atoms with Crippen molar-refractivity contribution in [2.24, 2.45) is 13.0 Å². The summed E-state index contributed by atoms with van der Waals surface area (Å²) in [6.45, 7) is 2.81. The Morgan fingerprint density at radius 2 is 1.85 bits per heavy atom. The van der Waals surface area contributed by atoms with E-state index in [-0.39, 0.29) is 5.82 Å². The highest BCUT2D eigenvalue weighted by Crippen LogP contribution is 2.36. The predicted octanol–water partition coefficient (Wildman–Crippen LogP) is 4.66. The SMILES string of the molecule is COc1cc2c(Nc3ccc(Br)cc3F)ncnc2cc1OCC1CC[N+](C)(Cc2c([N+](=O)[O-])ncn2C)CC1.O=C([O-])C(F)(F)F. The van der Waals surface area contributed by atoms with Crippen molar-refractivity contribution in [3.05, 3.63) is 69.1 Å². The van der Waals surface area contributed by atoms with E-state index < -0.39 is 22.9 Å². The van der Waals surface area contributed by atoms with Gasteiger partial charge in [-0.2, -0.15) is 13.2 Å². The Hall–Kier alpha value is -4.58. The van der Waals surface area contributed by atoms with Gasteiger partial charge in [0.25, 0.3) is 0 Å². The number of nitrogens with zero attached hydrogens (tertiary/aromatic N) is 6. The average Bonchev–Trinajstić information content (AvgIpc) is 3.37. The van der Waals surface area contributed by atoms with E-state index in [0.717, 1.165) is 25.9 Å². The fourth-order valence-electron chi connectivity index (χ4n) is 5.07. The summed E-state index contributed by atoms with van der Waals surface area (Å²) in [5, 5.41) is 23.9. The van der Waals surface area contributed by atoms with Gasteiger partial charge >= 0.3 is 12.0 Å². The number of aromatic nitrogens is 4. The second kappa shape index (κ2) is 14.5. The smallest absolute Gasteiger partial charge is 0.430 e. The summed E-state index contributed by atoms with van der Waals surface area (Å²) in [6.07, 6.45) is -0.426. The van der Waals surface area contributed by atoms with Gasteiger partial charge < -0.3 is 43.9 Å². The van der Waals surface area contributed by atoms with Gasteiger partial charge in [-0.15, -0.1) is 0 Å². The number of benzene rings is 2. The van der Waals surface area contributed by atoms with E-state index in [1.165, 1.54) is 18.7 Å². The number of carboxylic acid groups (broad SMARTS) is 1. The number of hydrogen-bond acceptors (Lipinski definition) is 10. The van der Waals surface area contributed by atoms with Crippen molar-refractivity contribution in [1.82, 2.24) is 19.5 Å². The van der Waals surface area contributed by atoms with Gasteiger partial charge in [-0.1, -0.05) is 15.9 Å². The molecule has 1 aliphatic rings. The van der Waals surface area contributed by atoms with Crippen molar-refractivity contribution in [3.8, 4) is 11.5 Å². The molecule has 0 aliphatic carbocycles. The fourth-order valence-corrected chi connectivity index (χ4v) is 5.40. The number of aliphatic carboxylic acids is 1. The second-order valence-electron chi connectivity index (χ2n) is 11.1. The van der Waals surface area contributed by atoms with Crippen LogP contribution in [0.25, 0.3) is 10.9 Å². The van der Waals surface area contributed by atoms with Crippen LogP contribution in [-0.4, -0.2) is 74.9 Å². The van der Waals surface area contributed by atoms with E-state index >= 15 is 0 Å². The molecular weight excluding hydrogens is 698 g/mol. The van der Waals surface area contributed by atoms with Crippen LogP contribution in [0.3, 0.4) is 0 Å². The monoisotopic (exact) mass is 727 g/mol. The maximum absolute atomic E-state index is 14.4. The van der Waals surface area contributed by atoms with Crippen LogP contribution in [0.4, 0.5) is 34.9 Å². The Bertz CT molecular complexity index is 1760. The highest BCUT2D eigenvalue weighted by atomic mass is 79.9. The first-order chi connectivity index (χ1) is 22.1. The number of nitrogens with one attached hydrogen (secondary N) is 1. The van der Waals surface area contributed by atoms with Crippen LogP contribution >= 0.6 is 15.9 Å². The van der Waals surface area contributed by atoms with Crippen LogP contribution in [0.2, 0.25) is 0 Å². The van der Waals surface area contributed by atoms with Crippen LogP contribution in [-0.2, 0) is 18.4 Å². The molecule has 0 spiro atoms. The van der Waals surface area contributed by atoms with Gasteiger partial charge in [0.05, 0.1) is 45.1 Å². The lowest BCUT2D eigenvalue weighted by Crippen LogP contribution is -2.50. The molecule has 1 saturated heterocycles. The molecule has 4 aromatic rings. The van der Waals surface area contributed by atoms with Gasteiger partial charge in [0, 0.05) is 41.7 Å². The van der Waals surface area contributed by atoms with Gasteiger partial charge in [0.2, 0.25) is 6.33 Å². The molecule has 0 bridgehead atoms. The van der Waals surface area contributed by atoms with Crippen LogP contribution in [0.1, 0.15) is 18.5 Å². The number of anilines is 2. The lowest BCUT2D eigenvalue weighted by Gasteiger charge is -2.40. The van der Waals surface area contributed by atoms with E-state index in [1.54, 1.807) is 36.9 Å². The summed E-state index contributed by atoms with van der Waals surface area (Å²) in [5.74, 6) is -1.60. The molecule has 0 unspecified atom stereocenters. The van der Waals surface area contributed by atoms with Crippen molar-refractivity contribution in [2.45, 2.75) is 25.6 Å². The lowest BCUT2D eigenvalue weighted by molar-refractivity contribution is -0.928. The molecule has 1 aliphatic heterocycles. The second-order valence-corrected chi connectivity index (χ2v) is 12.1. The number of quaternary nitrogens is 1. The van der Waals surface area contributed by atoms with Gasteiger partial charge in [0.1, 0.15) is 30.5 Å². The molecule has 0 amide bonds. The third kappa shape index (κ3) is 8.82. The molecule has 1 N–H and O–H groups in total. The van der Waals surface area contributed by atoms with E-state index in [0.29, 0.717) is 67.6 Å². The topological polar surface area (TPSA) is 157 Å². The number of methoxy groups -OCH3 is 1. The number of carbonyl (C=O) groups excluding carboxylic acids is 1. The summed E-state index contributed by atoms with van der Waals surface area (Å²) >= 11 is 3.27. The Morgan fingerprint density at radius 1 is 1.17 bits per heavy atom. The van der Waals surface area contributed by atoms with E-state index in [2.05, 4.69) is 43.2 Å². The van der Waals surface area contributed by atoms with Gasteiger partial charge in [-0.05, 0) is 34.2 Å². The lowest BCUT2D eigenvalue weighted by atomic mass is 9.96. The summed E-state index contributed by atoms with van der Waals surface area (Å²) in [4.78, 5) is 32.4. The number of carbonyl (C=O) groups is 1. The molecule has 18 heteroatoms. The number of aryl methyl sites for hydroxylation is 1. The van der Waals surface area contributed by atoms with Crippen molar-refractivity contribution < 1.29 is 46.3 Å². The Kier molecular flexibility index (Phi) is 10.9. The Balaban J connectivity index is 0.000000644. The first-order valence-electron chi connectivity index (χ1n) is 14.0. The highest BCUT2D eigenvalue weighted by Gasteiger charge is 2.35. The molecule has 47 heavy (non-hydrogen) atoms. The molecule has 0 saturated carbocycles. The third-order valence-corrected chi connectivity index (χ3v) is 8.20. The maximum Gasteiger partial charge on any atom is 0.430 e. The van der Waals surface area contributed by atoms with Crippen molar-refractivity contribution in [2.75, 3.05) is 39.2 Å². The zero-order valence-corrected chi connectivity index (χ0v) is 27.0. The number of halogens is 5. The minimum Gasteiger partial charge on any atom is -0.542 e. The van der Waals surface area contributed by atoms with Crippen molar-refractivity contribution >= 4 is 50.1 Å². The molecule has 2 aromatic carbocycles. The number of ether oxygens (including phenoxy) is 2. The summed E-state index contributed by atoms with van der Waals surface area (Å²) in [6, 6.07) is 8.36. The Morgan fingerprint density at radius 3 is 2.45 bits per heavy atom. The van der Waals surface area contributed by atoms with Crippen molar-refractivity contribution in [1.29, 1.82) is 0 Å². The number of piperidine rings is 1. The zero-order valence-electron chi connectivity index (χ0n) is 25.4. The molecule has 13 nitrogen and oxygen atoms in total. The fraction of sp³-hybridized carbons (Fsp3) is 0.379. The summed E-state index contributed by atoms with van der Waals surface area (Å²) in [5.41, 5.74) is 1.57. The molecule has 0 radical (unpaired) electrons. The normalized spacial score (nSPS) is 17.8. The molecule has 252 valence electrons. The van der Waals surface area contributed by atoms with E-state index in [1.807, 2.05) is 6.07 Å². The van der Waals surface area contributed by atoms with Crippen LogP contribution in [0.15, 0.2) is 47.5 Å².